The summed E-state index contributed by atoms with van der Waals surface area (Å²) in [6, 6.07) is 16.4. The largest absolute Gasteiger partial charge is 0.457 e. The zero-order valence-electron chi connectivity index (χ0n) is 19.5. The maximum Gasteiger partial charge on any atom is 0.338 e. The van der Waals surface area contributed by atoms with E-state index in [1.165, 1.54) is 11.8 Å². The minimum absolute atomic E-state index is 0.135. The van der Waals surface area contributed by atoms with E-state index in [1.807, 2.05) is 59.7 Å². The summed E-state index contributed by atoms with van der Waals surface area (Å²) in [7, 11) is 1.59. The summed E-state index contributed by atoms with van der Waals surface area (Å²) < 4.78 is 10.7. The molecule has 2 heterocycles. The van der Waals surface area contributed by atoms with Crippen molar-refractivity contribution < 1.29 is 19.1 Å². The lowest BCUT2D eigenvalue weighted by Gasteiger charge is -2.36. The second-order valence-electron chi connectivity index (χ2n) is 8.03. The summed E-state index contributed by atoms with van der Waals surface area (Å²) in [5.41, 5.74) is 3.51. The van der Waals surface area contributed by atoms with E-state index in [-0.39, 0.29) is 18.9 Å². The van der Waals surface area contributed by atoms with Crippen LogP contribution in [0.2, 0.25) is 5.02 Å². The fourth-order valence-electron chi connectivity index (χ4n) is 3.91. The van der Waals surface area contributed by atoms with E-state index in [9.17, 15) is 9.59 Å². The van der Waals surface area contributed by atoms with E-state index in [1.54, 1.807) is 19.2 Å². The van der Waals surface area contributed by atoms with Gasteiger partial charge in [-0.1, -0.05) is 65.8 Å². The number of fused-ring (bicyclic) bond motifs is 1. The van der Waals surface area contributed by atoms with E-state index < -0.39 is 12.0 Å². The van der Waals surface area contributed by atoms with Crippen LogP contribution in [0.4, 0.5) is 0 Å². The third-order valence-electron chi connectivity index (χ3n) is 5.59. The number of carbonyl (C=O) groups excluding carboxylic acids is 2. The molecule has 0 saturated heterocycles. The molecule has 0 radical (unpaired) electrons. The van der Waals surface area contributed by atoms with Gasteiger partial charge in [0.05, 0.1) is 30.3 Å². The summed E-state index contributed by atoms with van der Waals surface area (Å²) in [6.07, 6.45) is 0.144. The number of halogens is 1. The molecule has 2 aliphatic heterocycles. The van der Waals surface area contributed by atoms with Gasteiger partial charge in [-0.3, -0.25) is 4.79 Å². The molecule has 1 amide bonds. The topological polar surface area (TPSA) is 80.2 Å². The molecule has 1 unspecified atom stereocenters. The zero-order chi connectivity index (χ0) is 24.8. The molecule has 2 aliphatic rings. The number of thioether (sulfide) groups is 1. The van der Waals surface area contributed by atoms with Gasteiger partial charge < -0.3 is 19.7 Å². The maximum absolute atomic E-state index is 13.4. The summed E-state index contributed by atoms with van der Waals surface area (Å²) in [4.78, 5) is 32.6. The highest BCUT2D eigenvalue weighted by atomic mass is 35.5. The Morgan fingerprint density at radius 2 is 1.89 bits per heavy atom. The number of nitrogens with zero attached hydrogens (tertiary/aromatic N) is 2. The summed E-state index contributed by atoms with van der Waals surface area (Å²) >= 11 is 7.58. The fraction of sp³-hybridized carbons (Fsp3) is 0.269. The van der Waals surface area contributed by atoms with Crippen LogP contribution in [0.25, 0.3) is 0 Å². The number of hydrogen-bond acceptors (Lipinski definition) is 7. The van der Waals surface area contributed by atoms with Crippen LogP contribution in [0, 0.1) is 0 Å². The second-order valence-corrected chi connectivity index (χ2v) is 9.30. The second kappa shape index (κ2) is 11.6. The first-order valence-electron chi connectivity index (χ1n) is 11.1. The van der Waals surface area contributed by atoms with Crippen LogP contribution in [0.15, 0.2) is 82.0 Å². The van der Waals surface area contributed by atoms with Gasteiger partial charge in [-0.2, -0.15) is 0 Å². The fourth-order valence-corrected chi connectivity index (χ4v) is 5.00. The van der Waals surface area contributed by atoms with E-state index in [0.29, 0.717) is 34.6 Å². The molecule has 0 fully saturated rings. The molecule has 182 valence electrons. The van der Waals surface area contributed by atoms with Crippen molar-refractivity contribution in [1.29, 1.82) is 0 Å². The molecule has 0 bridgehead atoms. The Balaban J connectivity index is 1.63. The predicted molar refractivity (Wildman–Crippen MR) is 138 cm³/mol. The van der Waals surface area contributed by atoms with Crippen LogP contribution in [-0.2, 0) is 25.7 Å². The normalized spacial score (nSPS) is 17.0. The quantitative estimate of drug-likeness (QED) is 0.384. The number of benzene rings is 2. The number of methoxy groups -OCH3 is 1. The maximum atomic E-state index is 13.4. The lowest BCUT2D eigenvalue weighted by Crippen LogP contribution is -2.38. The Morgan fingerprint density at radius 1 is 1.14 bits per heavy atom. The molecular formula is C26H26ClN3O4S. The van der Waals surface area contributed by atoms with Gasteiger partial charge in [-0.25, -0.2) is 9.79 Å². The molecule has 0 spiro atoms. The molecule has 1 N–H and O–H groups in total. The number of esters is 1. The van der Waals surface area contributed by atoms with Gasteiger partial charge in [0.1, 0.15) is 6.61 Å². The van der Waals surface area contributed by atoms with Crippen LogP contribution >= 0.6 is 23.4 Å². The van der Waals surface area contributed by atoms with Gasteiger partial charge in [-0.15, -0.1) is 0 Å². The SMILES string of the molecule is COCCNC(=O)CC1=CSC2=NC(C)=C(C(=O)OCc3ccccc3)C(c3ccc(Cl)cc3)N12. The number of allylic oxidation sites excluding steroid dienone is 1. The molecule has 0 aromatic heterocycles. The van der Waals surface area contributed by atoms with Crippen molar-refractivity contribution in [3.8, 4) is 0 Å². The van der Waals surface area contributed by atoms with Crippen molar-refractivity contribution >= 4 is 40.4 Å². The van der Waals surface area contributed by atoms with Crippen molar-refractivity contribution in [2.24, 2.45) is 4.99 Å². The lowest BCUT2D eigenvalue weighted by molar-refractivity contribution is -0.141. The number of hydrogen-bond donors (Lipinski definition) is 1. The molecule has 2 aromatic rings. The Bertz CT molecular complexity index is 1180. The molecule has 7 nitrogen and oxygen atoms in total. The van der Waals surface area contributed by atoms with E-state index in [2.05, 4.69) is 10.3 Å². The molecule has 4 rings (SSSR count). The van der Waals surface area contributed by atoms with Gasteiger partial charge in [-0.05, 0) is 35.6 Å². The molecule has 0 saturated carbocycles. The van der Waals surface area contributed by atoms with Crippen molar-refractivity contribution in [1.82, 2.24) is 10.2 Å². The Labute approximate surface area is 213 Å². The van der Waals surface area contributed by atoms with E-state index >= 15 is 0 Å². The molecule has 9 heteroatoms. The highest BCUT2D eigenvalue weighted by molar-refractivity contribution is 8.16. The highest BCUT2D eigenvalue weighted by Crippen LogP contribution is 2.45. The van der Waals surface area contributed by atoms with Crippen molar-refractivity contribution in [2.45, 2.75) is 26.0 Å². The number of amidine groups is 1. The first-order valence-corrected chi connectivity index (χ1v) is 12.4. The number of ether oxygens (including phenoxy) is 2. The smallest absolute Gasteiger partial charge is 0.338 e. The summed E-state index contributed by atoms with van der Waals surface area (Å²) in [6.45, 7) is 2.82. The lowest BCUT2D eigenvalue weighted by atomic mass is 9.94. The monoisotopic (exact) mass is 511 g/mol. The van der Waals surface area contributed by atoms with Crippen molar-refractivity contribution in [2.75, 3.05) is 20.3 Å². The number of rotatable bonds is 9. The number of aliphatic imine (C=N–C) groups is 1. The Kier molecular flexibility index (Phi) is 8.28. The molecule has 1 atom stereocenters. The molecule has 2 aromatic carbocycles. The average molecular weight is 512 g/mol. The van der Waals surface area contributed by atoms with Gasteiger partial charge in [0.15, 0.2) is 5.17 Å². The van der Waals surface area contributed by atoms with Crippen molar-refractivity contribution in [3.63, 3.8) is 0 Å². The van der Waals surface area contributed by atoms with Crippen LogP contribution in [-0.4, -0.2) is 42.2 Å². The number of nitrogens with one attached hydrogen (secondary N) is 1. The van der Waals surface area contributed by atoms with Gasteiger partial charge in [0.25, 0.3) is 0 Å². The van der Waals surface area contributed by atoms with Crippen LogP contribution in [0.5, 0.6) is 0 Å². The van der Waals surface area contributed by atoms with Gasteiger partial charge in [0, 0.05) is 24.4 Å². The first-order chi connectivity index (χ1) is 17.0. The molecule has 0 aliphatic carbocycles. The Morgan fingerprint density at radius 3 is 2.60 bits per heavy atom. The minimum Gasteiger partial charge on any atom is -0.457 e. The number of carbonyl (C=O) groups is 2. The highest BCUT2D eigenvalue weighted by Gasteiger charge is 2.41. The predicted octanol–water partition coefficient (Wildman–Crippen LogP) is 4.81. The Hall–Kier alpha value is -3.07. The molecular weight excluding hydrogens is 486 g/mol. The van der Waals surface area contributed by atoms with Gasteiger partial charge in [0.2, 0.25) is 5.91 Å². The zero-order valence-corrected chi connectivity index (χ0v) is 21.1. The third-order valence-corrected chi connectivity index (χ3v) is 6.73. The minimum atomic E-state index is -0.504. The van der Waals surface area contributed by atoms with Crippen LogP contribution in [0.3, 0.4) is 0 Å². The summed E-state index contributed by atoms with van der Waals surface area (Å²) in [5, 5.41) is 6.06. The van der Waals surface area contributed by atoms with Crippen molar-refractivity contribution in [3.05, 3.63) is 93.1 Å². The van der Waals surface area contributed by atoms with Gasteiger partial charge >= 0.3 is 5.97 Å². The molecule has 35 heavy (non-hydrogen) atoms. The average Bonchev–Trinajstić information content (AvgIpc) is 3.24. The van der Waals surface area contributed by atoms with Crippen LogP contribution in [0.1, 0.15) is 30.5 Å². The third kappa shape index (κ3) is 5.96. The van der Waals surface area contributed by atoms with Crippen LogP contribution < -0.4 is 5.32 Å². The van der Waals surface area contributed by atoms with E-state index in [0.717, 1.165) is 16.8 Å². The van der Waals surface area contributed by atoms with E-state index in [4.69, 9.17) is 21.1 Å². The summed E-state index contributed by atoms with van der Waals surface area (Å²) in [5.74, 6) is -0.584. The first kappa shape index (κ1) is 25.0. The number of amides is 1. The standard InChI is InChI=1S/C26H26ClN3O4S/c1-17-23(25(32)34-15-18-6-4-3-5-7-18)24(19-8-10-20(27)11-9-19)30-21(16-35-26(30)29-17)14-22(31)28-12-13-33-2/h3-11,16,24H,12-15H2,1-2H3,(H,28,31).